The van der Waals surface area contributed by atoms with Crippen LogP contribution in [-0.4, -0.2) is 43.5 Å². The van der Waals surface area contributed by atoms with E-state index in [2.05, 4.69) is 23.5 Å². The van der Waals surface area contributed by atoms with Gasteiger partial charge in [0, 0.05) is 37.8 Å². The summed E-state index contributed by atoms with van der Waals surface area (Å²) < 4.78 is 0. The summed E-state index contributed by atoms with van der Waals surface area (Å²) in [6.07, 6.45) is 13.7. The van der Waals surface area contributed by atoms with Gasteiger partial charge in [-0.05, 0) is 36.5 Å². The monoisotopic (exact) mass is 319 g/mol. The van der Waals surface area contributed by atoms with Crippen molar-refractivity contribution in [3.8, 4) is 12.8 Å². The van der Waals surface area contributed by atoms with E-state index in [1.54, 1.807) is 0 Å². The second kappa shape index (κ2) is 7.53. The molecule has 22 heavy (non-hydrogen) atoms. The normalized spacial score (nSPS) is 28.7. The Morgan fingerprint density at radius 2 is 2.00 bits per heavy atom. The maximum absolute atomic E-state index is 12.5. The maximum Gasteiger partial charge on any atom is 0.269 e. The Hall–Kier alpha value is -1.70. The van der Waals surface area contributed by atoms with Crippen LogP contribution in [0.4, 0.5) is 0 Å². The van der Waals surface area contributed by atoms with Gasteiger partial charge < -0.3 is 15.5 Å². The first kappa shape index (κ1) is 16.7. The highest BCUT2D eigenvalue weighted by Crippen LogP contribution is 2.27. The van der Waals surface area contributed by atoms with Crippen LogP contribution in [-0.2, 0) is 4.79 Å². The van der Waals surface area contributed by atoms with Crippen molar-refractivity contribution in [1.82, 2.24) is 15.5 Å². The molecule has 1 amide bonds. The van der Waals surface area contributed by atoms with Gasteiger partial charge in [0.2, 0.25) is 0 Å². The minimum atomic E-state index is 0.124. The Kier molecular flexibility index (Phi) is 5.70. The smallest absolute Gasteiger partial charge is 0.269 e. The molecule has 0 aromatic carbocycles. The average molecular weight is 320 g/mol. The first-order valence-electron chi connectivity index (χ1n) is 7.48. The van der Waals surface area contributed by atoms with Crippen molar-refractivity contribution in [3.05, 3.63) is 34.5 Å². The van der Waals surface area contributed by atoms with E-state index in [0.717, 1.165) is 31.8 Å². The molecule has 0 aromatic rings. The lowest BCUT2D eigenvalue weighted by molar-refractivity contribution is -0.126. The van der Waals surface area contributed by atoms with E-state index < -0.39 is 0 Å². The number of nitrogens with one attached hydrogen (secondary N) is 2. The van der Waals surface area contributed by atoms with E-state index in [0.29, 0.717) is 29.1 Å². The van der Waals surface area contributed by atoms with Gasteiger partial charge in [0.1, 0.15) is 5.70 Å². The number of likely N-dealkylation sites (tertiary alicyclic amines) is 1. The molecule has 2 fully saturated rings. The summed E-state index contributed by atoms with van der Waals surface area (Å²) in [4.78, 5) is 14.5. The maximum atomic E-state index is 12.5. The summed E-state index contributed by atoms with van der Waals surface area (Å²) >= 11 is 5.99. The van der Waals surface area contributed by atoms with E-state index in [4.69, 9.17) is 11.6 Å². The van der Waals surface area contributed by atoms with E-state index >= 15 is 0 Å². The zero-order valence-electron chi connectivity index (χ0n) is 12.8. The third-order valence-corrected chi connectivity index (χ3v) is 4.65. The Morgan fingerprint density at radius 1 is 1.36 bits per heavy atom. The van der Waals surface area contributed by atoms with Gasteiger partial charge in [-0.15, -0.1) is 12.8 Å². The van der Waals surface area contributed by atoms with Crippen molar-refractivity contribution >= 4 is 17.5 Å². The number of nitrogens with zero attached hydrogens (tertiary/aromatic N) is 1. The summed E-state index contributed by atoms with van der Waals surface area (Å²) in [6.45, 7) is 6.42. The molecule has 3 heterocycles. The lowest BCUT2D eigenvalue weighted by Gasteiger charge is -2.18. The molecule has 118 valence electrons. The summed E-state index contributed by atoms with van der Waals surface area (Å²) in [5, 5.41) is 7.27. The molecule has 2 atom stereocenters. The number of hydrogen-bond acceptors (Lipinski definition) is 3. The number of carbonyl (C=O) groups is 1. The van der Waals surface area contributed by atoms with Crippen molar-refractivity contribution in [2.45, 2.75) is 6.92 Å². The quantitative estimate of drug-likeness (QED) is 0.758. The Balaban J connectivity index is 0.000000847. The van der Waals surface area contributed by atoms with Crippen molar-refractivity contribution in [2.24, 2.45) is 11.8 Å². The van der Waals surface area contributed by atoms with Crippen LogP contribution in [0.1, 0.15) is 6.92 Å². The highest BCUT2D eigenvalue weighted by atomic mass is 35.5. The van der Waals surface area contributed by atoms with Crippen LogP contribution in [0.5, 0.6) is 0 Å². The summed E-state index contributed by atoms with van der Waals surface area (Å²) in [6, 6.07) is 0. The topological polar surface area (TPSA) is 44.4 Å². The molecule has 0 spiro atoms. The summed E-state index contributed by atoms with van der Waals surface area (Å²) in [7, 11) is 0. The molecule has 2 N–H and O–H groups in total. The van der Waals surface area contributed by atoms with Crippen LogP contribution in [0, 0.1) is 24.7 Å². The number of fused-ring (bicyclic) bond motifs is 1. The molecule has 0 bridgehead atoms. The molecular weight excluding hydrogens is 298 g/mol. The predicted octanol–water partition coefficient (Wildman–Crippen LogP) is 1.47. The van der Waals surface area contributed by atoms with Crippen molar-refractivity contribution in [3.63, 3.8) is 0 Å². The third-order valence-electron chi connectivity index (χ3n) is 4.32. The van der Waals surface area contributed by atoms with Gasteiger partial charge in [0.25, 0.3) is 5.91 Å². The Morgan fingerprint density at radius 3 is 2.59 bits per heavy atom. The van der Waals surface area contributed by atoms with Crippen molar-refractivity contribution in [2.75, 3.05) is 32.7 Å². The first-order chi connectivity index (χ1) is 10.7. The molecule has 0 aliphatic carbocycles. The van der Waals surface area contributed by atoms with Crippen molar-refractivity contribution < 1.29 is 4.79 Å². The van der Waals surface area contributed by atoms with Gasteiger partial charge in [-0.3, -0.25) is 4.79 Å². The number of allylic oxidation sites excluding steroid dienone is 3. The Bertz CT molecular complexity index is 535. The van der Waals surface area contributed by atoms with Gasteiger partial charge in [-0.2, -0.15) is 0 Å². The van der Waals surface area contributed by atoms with Crippen LogP contribution in [0.25, 0.3) is 0 Å². The van der Waals surface area contributed by atoms with Gasteiger partial charge >= 0.3 is 0 Å². The molecule has 3 aliphatic rings. The average Bonchev–Trinajstić information content (AvgIpc) is 3.23. The van der Waals surface area contributed by atoms with Gasteiger partial charge in [-0.1, -0.05) is 17.7 Å². The second-order valence-corrected chi connectivity index (χ2v) is 6.13. The molecule has 2 unspecified atom stereocenters. The minimum Gasteiger partial charge on any atom is -0.377 e. The van der Waals surface area contributed by atoms with Gasteiger partial charge in [0.15, 0.2) is 0 Å². The molecule has 3 aliphatic heterocycles. The summed E-state index contributed by atoms with van der Waals surface area (Å²) in [5.41, 5.74) is 1.75. The zero-order chi connectivity index (χ0) is 16.1. The molecule has 0 aromatic heterocycles. The SMILES string of the molecule is C#C.C/C=C(Cl)\C=C1\C=C(C(=O)N2CC3CNCC3C2)NC1. The van der Waals surface area contributed by atoms with Crippen molar-refractivity contribution in [1.29, 1.82) is 0 Å². The molecule has 4 nitrogen and oxygen atoms in total. The van der Waals surface area contributed by atoms with E-state index in [1.807, 2.05) is 30.1 Å². The van der Waals surface area contributed by atoms with Gasteiger partial charge in [0.05, 0.1) is 0 Å². The molecule has 0 radical (unpaired) electrons. The third kappa shape index (κ3) is 3.55. The van der Waals surface area contributed by atoms with E-state index in [1.165, 1.54) is 0 Å². The van der Waals surface area contributed by atoms with Crippen LogP contribution in [0.15, 0.2) is 34.5 Å². The second-order valence-electron chi connectivity index (χ2n) is 5.69. The van der Waals surface area contributed by atoms with E-state index in [-0.39, 0.29) is 5.91 Å². The number of halogens is 1. The van der Waals surface area contributed by atoms with Crippen LogP contribution >= 0.6 is 11.6 Å². The molecule has 2 saturated heterocycles. The molecule has 3 rings (SSSR count). The number of terminal acetylenes is 1. The fourth-order valence-corrected chi connectivity index (χ4v) is 3.31. The molecule has 0 saturated carbocycles. The van der Waals surface area contributed by atoms with Crippen LogP contribution in [0.2, 0.25) is 0 Å². The first-order valence-corrected chi connectivity index (χ1v) is 7.86. The Labute approximate surface area is 137 Å². The lowest BCUT2D eigenvalue weighted by Crippen LogP contribution is -2.35. The number of rotatable bonds is 2. The predicted molar refractivity (Wildman–Crippen MR) is 90.1 cm³/mol. The largest absolute Gasteiger partial charge is 0.377 e. The summed E-state index contributed by atoms with van der Waals surface area (Å²) in [5.74, 6) is 1.39. The zero-order valence-corrected chi connectivity index (χ0v) is 13.6. The fourth-order valence-electron chi connectivity index (χ4n) is 3.17. The highest BCUT2D eigenvalue weighted by Gasteiger charge is 2.39. The van der Waals surface area contributed by atoms with Crippen LogP contribution in [0.3, 0.4) is 0 Å². The van der Waals surface area contributed by atoms with Gasteiger partial charge in [-0.25, -0.2) is 0 Å². The minimum absolute atomic E-state index is 0.124. The highest BCUT2D eigenvalue weighted by molar-refractivity contribution is 6.31. The van der Waals surface area contributed by atoms with E-state index in [9.17, 15) is 4.79 Å². The molecular formula is C17H22ClN3O. The molecule has 5 heteroatoms. The van der Waals surface area contributed by atoms with Crippen LogP contribution < -0.4 is 10.6 Å². The lowest BCUT2D eigenvalue weighted by atomic mass is 10.0. The fraction of sp³-hybridized carbons (Fsp3) is 0.471. The number of hydrogen-bond donors (Lipinski definition) is 2. The number of carbonyl (C=O) groups excluding carboxylic acids is 1. The number of amides is 1. The standard InChI is InChI=1S/C15H20ClN3O.C2H2/c1-2-13(16)3-10-4-14(18-5-10)15(20)19-8-11-6-17-7-12(11)9-19;1-2/h2-4,11-12,17-18H,5-9H2,1H3;1-2H/b10-3-,13-2+;.